The van der Waals surface area contributed by atoms with Crippen LogP contribution in [0.1, 0.15) is 12.0 Å². The number of ether oxygens (including phenoxy) is 1. The van der Waals surface area contributed by atoms with Gasteiger partial charge in [-0.15, -0.1) is 0 Å². The molecule has 92 valence electrons. The van der Waals surface area contributed by atoms with Crippen LogP contribution in [0.15, 0.2) is 30.0 Å². The molecule has 2 rings (SSSR count). The summed E-state index contributed by atoms with van der Waals surface area (Å²) < 4.78 is 19.2. The molecule has 0 saturated heterocycles. The van der Waals surface area contributed by atoms with Gasteiger partial charge in [0, 0.05) is 17.0 Å². The first-order valence-corrected chi connectivity index (χ1v) is 6.03. The minimum Gasteiger partial charge on any atom is -0.496 e. The number of nitrogens with one attached hydrogen (secondary N) is 1. The van der Waals surface area contributed by atoms with E-state index in [4.69, 9.17) is 16.3 Å². The van der Waals surface area contributed by atoms with E-state index >= 15 is 0 Å². The number of hydrogen-bond acceptors (Lipinski definition) is 2. The fraction of sp³-hybridized carbons (Fsp3) is 0.385. The largest absolute Gasteiger partial charge is 0.496 e. The summed E-state index contributed by atoms with van der Waals surface area (Å²) in [5.74, 6) is 0.614. The third-order valence-corrected chi connectivity index (χ3v) is 3.25. The fourth-order valence-corrected chi connectivity index (χ4v) is 2.20. The Morgan fingerprint density at radius 2 is 2.35 bits per heavy atom. The topological polar surface area (TPSA) is 21.3 Å². The average molecular weight is 256 g/mol. The van der Waals surface area contributed by atoms with Gasteiger partial charge in [0.25, 0.3) is 0 Å². The molecule has 0 bridgehead atoms. The zero-order valence-corrected chi connectivity index (χ0v) is 10.4. The van der Waals surface area contributed by atoms with Crippen LogP contribution in [-0.2, 0) is 11.2 Å². The van der Waals surface area contributed by atoms with Crippen molar-refractivity contribution in [1.29, 1.82) is 0 Å². The van der Waals surface area contributed by atoms with Crippen LogP contribution in [0.4, 0.5) is 4.39 Å². The van der Waals surface area contributed by atoms with Gasteiger partial charge in [-0.2, -0.15) is 0 Å². The van der Waals surface area contributed by atoms with Crippen LogP contribution in [0.2, 0.25) is 5.02 Å². The highest BCUT2D eigenvalue weighted by Crippen LogP contribution is 2.24. The van der Waals surface area contributed by atoms with Crippen molar-refractivity contribution in [2.24, 2.45) is 0 Å². The summed E-state index contributed by atoms with van der Waals surface area (Å²) in [5.41, 5.74) is 0.532. The Morgan fingerprint density at radius 3 is 2.94 bits per heavy atom. The first kappa shape index (κ1) is 12.4. The second-order valence-corrected chi connectivity index (χ2v) is 4.40. The molecule has 1 atom stereocenters. The van der Waals surface area contributed by atoms with E-state index in [9.17, 15) is 4.39 Å². The highest BCUT2D eigenvalue weighted by Gasteiger charge is 2.20. The van der Waals surface area contributed by atoms with E-state index in [1.54, 1.807) is 12.1 Å². The molecule has 0 aliphatic carbocycles. The van der Waals surface area contributed by atoms with Crippen LogP contribution in [0.25, 0.3) is 0 Å². The van der Waals surface area contributed by atoms with Gasteiger partial charge in [0.1, 0.15) is 11.6 Å². The molecule has 1 aromatic rings. The molecule has 1 aromatic carbocycles. The van der Waals surface area contributed by atoms with E-state index < -0.39 is 0 Å². The maximum atomic E-state index is 13.7. The molecular formula is C13H15ClFNO. The monoisotopic (exact) mass is 255 g/mol. The van der Waals surface area contributed by atoms with Crippen molar-refractivity contribution in [3.05, 3.63) is 46.4 Å². The maximum absolute atomic E-state index is 13.7. The van der Waals surface area contributed by atoms with E-state index in [-0.39, 0.29) is 11.9 Å². The smallest absolute Gasteiger partial charge is 0.127 e. The third kappa shape index (κ3) is 2.79. The van der Waals surface area contributed by atoms with Gasteiger partial charge < -0.3 is 10.1 Å². The predicted molar refractivity (Wildman–Crippen MR) is 66.6 cm³/mol. The van der Waals surface area contributed by atoms with E-state index in [0.717, 1.165) is 12.2 Å². The molecule has 17 heavy (non-hydrogen) atoms. The number of hydrogen-bond donors (Lipinski definition) is 1. The van der Waals surface area contributed by atoms with E-state index in [1.807, 2.05) is 13.1 Å². The molecule has 4 heteroatoms. The van der Waals surface area contributed by atoms with E-state index in [0.29, 0.717) is 23.6 Å². The van der Waals surface area contributed by atoms with Crippen LogP contribution in [-0.4, -0.2) is 19.7 Å². The predicted octanol–water partition coefficient (Wildman–Crippen LogP) is 2.91. The lowest BCUT2D eigenvalue weighted by Gasteiger charge is -2.18. The Balaban J connectivity index is 2.18. The molecule has 1 aliphatic rings. The Labute approximate surface area is 105 Å². The van der Waals surface area contributed by atoms with Gasteiger partial charge in [0.05, 0.1) is 12.6 Å². The van der Waals surface area contributed by atoms with Crippen molar-refractivity contribution in [2.75, 3.05) is 13.7 Å². The SMILES string of the molecule is CNC(Cc1c(F)cccc1Cl)C1=CCCO1. The lowest BCUT2D eigenvalue weighted by molar-refractivity contribution is 0.216. The summed E-state index contributed by atoms with van der Waals surface area (Å²) in [6, 6.07) is 4.72. The van der Waals surface area contributed by atoms with E-state index in [2.05, 4.69) is 5.32 Å². The summed E-state index contributed by atoms with van der Waals surface area (Å²) >= 11 is 6.01. The van der Waals surface area contributed by atoms with Gasteiger partial charge in [-0.25, -0.2) is 4.39 Å². The van der Waals surface area contributed by atoms with Crippen LogP contribution < -0.4 is 5.32 Å². The van der Waals surface area contributed by atoms with Gasteiger partial charge in [0.2, 0.25) is 0 Å². The van der Waals surface area contributed by atoms with Crippen molar-refractivity contribution in [2.45, 2.75) is 18.9 Å². The first-order valence-electron chi connectivity index (χ1n) is 5.65. The van der Waals surface area contributed by atoms with Gasteiger partial charge >= 0.3 is 0 Å². The highest BCUT2D eigenvalue weighted by molar-refractivity contribution is 6.31. The standard InChI is InChI=1S/C13H15ClFNO/c1-16-12(13-6-3-7-17-13)8-9-10(14)4-2-5-11(9)15/h2,4-6,12,16H,3,7-8H2,1H3. The molecular weight excluding hydrogens is 241 g/mol. The second-order valence-electron chi connectivity index (χ2n) is 3.99. The minimum absolute atomic E-state index is 0.0214. The summed E-state index contributed by atoms with van der Waals surface area (Å²) in [6.45, 7) is 0.707. The highest BCUT2D eigenvalue weighted by atomic mass is 35.5. The van der Waals surface area contributed by atoms with Gasteiger partial charge in [-0.3, -0.25) is 0 Å². The third-order valence-electron chi connectivity index (χ3n) is 2.89. The van der Waals surface area contributed by atoms with Crippen molar-refractivity contribution >= 4 is 11.6 Å². The Morgan fingerprint density at radius 1 is 1.53 bits per heavy atom. The molecule has 1 heterocycles. The van der Waals surface area contributed by atoms with Crippen LogP contribution in [0.3, 0.4) is 0 Å². The molecule has 2 nitrogen and oxygen atoms in total. The van der Waals surface area contributed by atoms with Crippen molar-refractivity contribution in [1.82, 2.24) is 5.32 Å². The Hall–Kier alpha value is -1.06. The second kappa shape index (κ2) is 5.52. The molecule has 1 aliphatic heterocycles. The van der Waals surface area contributed by atoms with Gasteiger partial charge in [0.15, 0.2) is 0 Å². The lowest BCUT2D eigenvalue weighted by atomic mass is 10.0. The summed E-state index contributed by atoms with van der Waals surface area (Å²) in [7, 11) is 1.84. The summed E-state index contributed by atoms with van der Waals surface area (Å²) in [5, 5.41) is 3.59. The zero-order chi connectivity index (χ0) is 12.3. The Bertz CT molecular complexity index is 413. The minimum atomic E-state index is -0.267. The van der Waals surface area contributed by atoms with Crippen molar-refractivity contribution in [3.8, 4) is 0 Å². The molecule has 0 saturated carbocycles. The van der Waals surface area contributed by atoms with Gasteiger partial charge in [-0.1, -0.05) is 17.7 Å². The lowest BCUT2D eigenvalue weighted by Crippen LogP contribution is -2.30. The molecule has 0 aromatic heterocycles. The number of halogens is 2. The fourth-order valence-electron chi connectivity index (χ4n) is 1.96. The van der Waals surface area contributed by atoms with Crippen LogP contribution >= 0.6 is 11.6 Å². The summed E-state index contributed by atoms with van der Waals surface area (Å²) in [4.78, 5) is 0. The maximum Gasteiger partial charge on any atom is 0.127 e. The Kier molecular flexibility index (Phi) is 4.02. The normalized spacial score (nSPS) is 16.5. The van der Waals surface area contributed by atoms with E-state index in [1.165, 1.54) is 6.07 Å². The molecule has 0 spiro atoms. The van der Waals surface area contributed by atoms with Crippen molar-refractivity contribution in [3.63, 3.8) is 0 Å². The number of benzene rings is 1. The molecule has 1 unspecified atom stereocenters. The van der Waals surface area contributed by atoms with Crippen molar-refractivity contribution < 1.29 is 9.13 Å². The van der Waals surface area contributed by atoms with Crippen LogP contribution in [0, 0.1) is 5.82 Å². The quantitative estimate of drug-likeness (QED) is 0.893. The molecule has 1 N–H and O–H groups in total. The molecule has 0 radical (unpaired) electrons. The average Bonchev–Trinajstić information content (AvgIpc) is 2.82. The number of likely N-dealkylation sites (N-methyl/N-ethyl adjacent to an activating group) is 1. The number of rotatable bonds is 4. The molecule has 0 amide bonds. The first-order chi connectivity index (χ1) is 8.22. The molecule has 0 fully saturated rings. The summed E-state index contributed by atoms with van der Waals surface area (Å²) in [6.07, 6.45) is 3.45. The zero-order valence-electron chi connectivity index (χ0n) is 9.67. The van der Waals surface area contributed by atoms with Gasteiger partial charge in [-0.05, 0) is 31.7 Å². The van der Waals surface area contributed by atoms with Crippen LogP contribution in [0.5, 0.6) is 0 Å².